The molecule has 134 valence electrons. The first-order chi connectivity index (χ1) is 11.6. The molecule has 1 heterocycles. The lowest BCUT2D eigenvalue weighted by atomic mass is 10.1. The fourth-order valence-corrected chi connectivity index (χ4v) is 5.63. The molecule has 1 aromatic heterocycles. The van der Waals surface area contributed by atoms with Crippen LogP contribution in [0.1, 0.15) is 0 Å². The molecule has 25 heavy (non-hydrogen) atoms. The molecule has 0 unspecified atom stereocenters. The van der Waals surface area contributed by atoms with Crippen molar-refractivity contribution in [2.24, 2.45) is 11.7 Å². The van der Waals surface area contributed by atoms with Crippen molar-refractivity contribution in [3.8, 4) is 0 Å². The van der Waals surface area contributed by atoms with Crippen LogP contribution in [0.5, 0.6) is 0 Å². The molecule has 0 bridgehead atoms. The maximum absolute atomic E-state index is 11.8. The number of rotatable bonds is 4. The second kappa shape index (κ2) is 5.77. The Morgan fingerprint density at radius 2 is 1.52 bits per heavy atom. The third-order valence-electron chi connectivity index (χ3n) is 3.54. The minimum Gasteiger partial charge on any atom is -0.323 e. The van der Waals surface area contributed by atoms with Crippen LogP contribution < -0.4 is 22.5 Å². The van der Waals surface area contributed by atoms with E-state index >= 15 is 0 Å². The summed E-state index contributed by atoms with van der Waals surface area (Å²) < 4.78 is 65.9. The number of thiophene rings is 1. The van der Waals surface area contributed by atoms with Crippen molar-refractivity contribution in [2.75, 3.05) is 10.9 Å². The van der Waals surface area contributed by atoms with Gasteiger partial charge in [-0.3, -0.25) is 20.8 Å². The fourth-order valence-electron chi connectivity index (χ4n) is 2.54. The summed E-state index contributed by atoms with van der Waals surface area (Å²) in [6.45, 7) is 0. The summed E-state index contributed by atoms with van der Waals surface area (Å²) in [7, 11) is -9.18. The van der Waals surface area contributed by atoms with Gasteiger partial charge in [-0.15, -0.1) is 11.3 Å². The van der Waals surface area contributed by atoms with Gasteiger partial charge in [0, 0.05) is 15.5 Å². The fraction of sp³-hybridized carbons (Fsp3) is 0. The first-order valence-electron chi connectivity index (χ1n) is 6.49. The molecule has 0 aliphatic rings. The third-order valence-corrected chi connectivity index (χ3v) is 6.69. The topological polar surface area (TPSA) is 185 Å². The molecule has 0 atom stereocenters. The molecule has 0 amide bonds. The van der Waals surface area contributed by atoms with Gasteiger partial charge in [0.05, 0.1) is 16.1 Å². The summed E-state index contributed by atoms with van der Waals surface area (Å²) in [5.74, 6) is 10.6. The van der Waals surface area contributed by atoms with E-state index < -0.39 is 30.0 Å². The predicted molar refractivity (Wildman–Crippen MR) is 94.6 cm³/mol. The quantitative estimate of drug-likeness (QED) is 0.209. The van der Waals surface area contributed by atoms with E-state index in [0.29, 0.717) is 15.5 Å². The minimum absolute atomic E-state index is 0.0197. The molecule has 0 saturated carbocycles. The summed E-state index contributed by atoms with van der Waals surface area (Å²) in [5, 5.41) is 0.916. The number of nitrogens with one attached hydrogen (secondary N) is 2. The molecule has 0 saturated heterocycles. The van der Waals surface area contributed by atoms with Crippen LogP contribution in [0.15, 0.2) is 34.1 Å². The van der Waals surface area contributed by atoms with Crippen molar-refractivity contribution in [3.63, 3.8) is 0 Å². The molecule has 0 aliphatic heterocycles. The maximum atomic E-state index is 11.8. The molecule has 0 aliphatic carbocycles. The van der Waals surface area contributed by atoms with E-state index in [1.807, 2.05) is 0 Å². The molecule has 2 aromatic carbocycles. The monoisotopic (exact) mass is 404 g/mol. The second-order valence-electron chi connectivity index (χ2n) is 5.00. The Bertz CT molecular complexity index is 1220. The van der Waals surface area contributed by atoms with E-state index in [1.54, 1.807) is 6.07 Å². The minimum atomic E-state index is -4.61. The van der Waals surface area contributed by atoms with Crippen molar-refractivity contribution in [3.05, 3.63) is 24.3 Å². The first kappa shape index (κ1) is 17.8. The van der Waals surface area contributed by atoms with Gasteiger partial charge >= 0.3 is 0 Å². The molecule has 3 rings (SSSR count). The summed E-state index contributed by atoms with van der Waals surface area (Å²) in [5.41, 5.74) is 4.29. The number of benzene rings is 2. The standard InChI is InChI=1S/C12H12N4O6S3/c13-15-7-2-1-5-6-3-8(16-14)10(24(17,18)19)4-9(6)23-11(5)12(7)25(20,21)22/h1-4,15-16H,13-14H2,(H,17,18,19)(H,20,21,22). The van der Waals surface area contributed by atoms with Crippen molar-refractivity contribution >= 4 is 63.1 Å². The highest BCUT2D eigenvalue weighted by atomic mass is 32.2. The molecular weight excluding hydrogens is 392 g/mol. The van der Waals surface area contributed by atoms with Gasteiger partial charge in [0.1, 0.15) is 9.79 Å². The summed E-state index contributed by atoms with van der Waals surface area (Å²) in [6.07, 6.45) is 0. The maximum Gasteiger partial charge on any atom is 0.298 e. The number of nitrogens with two attached hydrogens (primary N) is 2. The van der Waals surface area contributed by atoms with Gasteiger partial charge < -0.3 is 10.9 Å². The van der Waals surface area contributed by atoms with Crippen LogP contribution in [0, 0.1) is 0 Å². The Morgan fingerprint density at radius 1 is 0.880 bits per heavy atom. The van der Waals surface area contributed by atoms with Crippen molar-refractivity contribution in [1.82, 2.24) is 0 Å². The Balaban J connectivity index is 2.53. The lowest BCUT2D eigenvalue weighted by Crippen LogP contribution is -2.12. The lowest BCUT2D eigenvalue weighted by Gasteiger charge is -2.08. The van der Waals surface area contributed by atoms with Crippen LogP contribution in [0.2, 0.25) is 0 Å². The van der Waals surface area contributed by atoms with Crippen molar-refractivity contribution in [1.29, 1.82) is 0 Å². The molecule has 0 radical (unpaired) electrons. The van der Waals surface area contributed by atoms with Crippen molar-refractivity contribution < 1.29 is 25.9 Å². The molecular formula is C12H12N4O6S3. The molecule has 3 aromatic rings. The number of nitrogen functional groups attached to an aromatic ring is 2. The highest BCUT2D eigenvalue weighted by Gasteiger charge is 2.24. The van der Waals surface area contributed by atoms with Crippen LogP contribution in [0.3, 0.4) is 0 Å². The van der Waals surface area contributed by atoms with E-state index in [1.165, 1.54) is 12.1 Å². The summed E-state index contributed by atoms with van der Waals surface area (Å²) >= 11 is 0.915. The van der Waals surface area contributed by atoms with E-state index in [-0.39, 0.29) is 16.1 Å². The lowest BCUT2D eigenvalue weighted by molar-refractivity contribution is 0.482. The number of hydrogen-bond acceptors (Lipinski definition) is 9. The average molecular weight is 404 g/mol. The van der Waals surface area contributed by atoms with Gasteiger partial charge in [0.25, 0.3) is 20.2 Å². The molecule has 10 nitrogen and oxygen atoms in total. The van der Waals surface area contributed by atoms with Gasteiger partial charge in [-0.05, 0) is 18.2 Å². The van der Waals surface area contributed by atoms with Crippen LogP contribution >= 0.6 is 11.3 Å². The SMILES string of the molecule is NNc1cc2c(cc1S(=O)(=O)O)sc1c(S(=O)(=O)O)c(NN)ccc12. The van der Waals surface area contributed by atoms with Gasteiger partial charge in [-0.2, -0.15) is 16.8 Å². The molecule has 0 spiro atoms. The van der Waals surface area contributed by atoms with Crippen LogP contribution in [0.4, 0.5) is 11.4 Å². The molecule has 8 N–H and O–H groups in total. The largest absolute Gasteiger partial charge is 0.323 e. The summed E-state index contributed by atoms with van der Waals surface area (Å²) in [4.78, 5) is -0.885. The Morgan fingerprint density at radius 3 is 2.04 bits per heavy atom. The molecule has 0 fully saturated rings. The zero-order valence-electron chi connectivity index (χ0n) is 12.2. The molecule has 13 heteroatoms. The Kier molecular flexibility index (Phi) is 4.11. The van der Waals surface area contributed by atoms with Crippen LogP contribution in [-0.2, 0) is 20.2 Å². The zero-order chi connectivity index (χ0) is 18.6. The average Bonchev–Trinajstić information content (AvgIpc) is 2.87. The van der Waals surface area contributed by atoms with Gasteiger partial charge in [0.2, 0.25) is 0 Å². The van der Waals surface area contributed by atoms with E-state index in [9.17, 15) is 25.9 Å². The Hall–Kier alpha value is -2.00. The smallest absolute Gasteiger partial charge is 0.298 e. The van der Waals surface area contributed by atoms with Gasteiger partial charge in [-0.1, -0.05) is 6.07 Å². The second-order valence-corrected chi connectivity index (χ2v) is 8.80. The third kappa shape index (κ3) is 2.91. The van der Waals surface area contributed by atoms with Gasteiger partial charge in [-0.25, -0.2) is 0 Å². The zero-order valence-corrected chi connectivity index (χ0v) is 14.7. The van der Waals surface area contributed by atoms with E-state index in [2.05, 4.69) is 10.9 Å². The highest BCUT2D eigenvalue weighted by molar-refractivity contribution is 7.86. The number of hydrazine groups is 2. The predicted octanol–water partition coefficient (Wildman–Crippen LogP) is 1.12. The van der Waals surface area contributed by atoms with Crippen molar-refractivity contribution in [2.45, 2.75) is 9.79 Å². The normalized spacial score (nSPS) is 12.6. The van der Waals surface area contributed by atoms with Gasteiger partial charge in [0.15, 0.2) is 0 Å². The number of hydrogen-bond donors (Lipinski definition) is 6. The van der Waals surface area contributed by atoms with E-state index in [0.717, 1.165) is 17.4 Å². The number of anilines is 2. The van der Waals surface area contributed by atoms with Crippen LogP contribution in [0.25, 0.3) is 20.2 Å². The summed E-state index contributed by atoms with van der Waals surface area (Å²) in [6, 6.07) is 5.45. The van der Waals surface area contributed by atoms with Crippen LogP contribution in [-0.4, -0.2) is 25.9 Å². The first-order valence-corrected chi connectivity index (χ1v) is 10.2. The number of fused-ring (bicyclic) bond motifs is 3. The van der Waals surface area contributed by atoms with E-state index in [4.69, 9.17) is 11.7 Å². The Labute approximate surface area is 145 Å². The highest BCUT2D eigenvalue weighted by Crippen LogP contribution is 2.42.